The first-order chi connectivity index (χ1) is 14.1. The molecule has 0 spiro atoms. The minimum absolute atomic E-state index is 0.0387. The first-order valence-electron chi connectivity index (χ1n) is 9.88. The molecule has 29 heavy (non-hydrogen) atoms. The van der Waals surface area contributed by atoms with Crippen LogP contribution in [0.2, 0.25) is 0 Å². The maximum atomic E-state index is 13.3. The number of nitrogens with zero attached hydrogens (tertiary/aromatic N) is 3. The van der Waals surface area contributed by atoms with E-state index in [0.29, 0.717) is 16.1 Å². The molecular weight excluding hydrogens is 382 g/mol. The van der Waals surface area contributed by atoms with Crippen LogP contribution >= 0.6 is 11.8 Å². The lowest BCUT2D eigenvalue weighted by atomic mass is 9.96. The fourth-order valence-electron chi connectivity index (χ4n) is 4.30. The second-order valence-corrected chi connectivity index (χ2v) is 8.39. The van der Waals surface area contributed by atoms with E-state index in [4.69, 9.17) is 0 Å². The van der Waals surface area contributed by atoms with E-state index in [-0.39, 0.29) is 17.2 Å². The molecular formula is C23H21N3O2S. The Morgan fingerprint density at radius 2 is 1.76 bits per heavy atom. The van der Waals surface area contributed by atoms with Crippen LogP contribution in [0.3, 0.4) is 0 Å². The number of carbonyl (C=O) groups excluding carboxylic acids is 1. The summed E-state index contributed by atoms with van der Waals surface area (Å²) in [5.74, 6) is 0.278. The van der Waals surface area contributed by atoms with Crippen molar-refractivity contribution >= 4 is 39.5 Å². The molecule has 4 aromatic rings. The van der Waals surface area contributed by atoms with Crippen LogP contribution in [0.1, 0.15) is 28.9 Å². The minimum atomic E-state index is -0.0886. The van der Waals surface area contributed by atoms with Crippen molar-refractivity contribution in [2.24, 2.45) is 7.05 Å². The molecule has 0 fully saturated rings. The predicted octanol–water partition coefficient (Wildman–Crippen LogP) is 4.20. The van der Waals surface area contributed by atoms with Gasteiger partial charge in [0.15, 0.2) is 5.16 Å². The van der Waals surface area contributed by atoms with Crippen LogP contribution in [0.25, 0.3) is 21.8 Å². The maximum absolute atomic E-state index is 13.3. The number of rotatable bonds is 3. The Hall–Kier alpha value is -2.86. The summed E-state index contributed by atoms with van der Waals surface area (Å²) < 4.78 is 3.43. The van der Waals surface area contributed by atoms with E-state index >= 15 is 0 Å². The molecule has 0 aliphatic heterocycles. The maximum Gasteiger partial charge on any atom is 0.261 e. The number of aryl methyl sites for hydroxylation is 1. The molecule has 6 heteroatoms. The highest BCUT2D eigenvalue weighted by molar-refractivity contribution is 7.99. The van der Waals surface area contributed by atoms with Crippen molar-refractivity contribution < 1.29 is 4.79 Å². The molecule has 2 aromatic carbocycles. The Bertz CT molecular complexity index is 1320. The Kier molecular flexibility index (Phi) is 4.51. The van der Waals surface area contributed by atoms with Crippen molar-refractivity contribution in [1.82, 2.24) is 14.1 Å². The monoisotopic (exact) mass is 403 g/mol. The summed E-state index contributed by atoms with van der Waals surface area (Å²) in [5.41, 5.74) is 4.04. The summed E-state index contributed by atoms with van der Waals surface area (Å²) in [6.07, 6.45) is 4.26. The Morgan fingerprint density at radius 3 is 2.62 bits per heavy atom. The zero-order valence-electron chi connectivity index (χ0n) is 16.2. The van der Waals surface area contributed by atoms with Gasteiger partial charge in [0.25, 0.3) is 5.56 Å². The molecule has 0 saturated heterocycles. The molecule has 146 valence electrons. The number of para-hydroxylation sites is 2. The molecule has 0 radical (unpaired) electrons. The molecule has 0 unspecified atom stereocenters. The fraction of sp³-hybridized carbons (Fsp3) is 0.261. The normalized spacial score (nSPS) is 13.7. The van der Waals surface area contributed by atoms with E-state index in [1.54, 1.807) is 13.1 Å². The highest BCUT2D eigenvalue weighted by Gasteiger charge is 2.23. The Morgan fingerprint density at radius 1 is 1.03 bits per heavy atom. The van der Waals surface area contributed by atoms with Crippen LogP contribution in [0.15, 0.2) is 58.5 Å². The lowest BCUT2D eigenvalue weighted by Gasteiger charge is -2.15. The van der Waals surface area contributed by atoms with Gasteiger partial charge in [0.1, 0.15) is 0 Å². The van der Waals surface area contributed by atoms with E-state index in [2.05, 4.69) is 11.1 Å². The lowest BCUT2D eigenvalue weighted by Crippen LogP contribution is -2.22. The van der Waals surface area contributed by atoms with Crippen LogP contribution in [-0.2, 0) is 19.9 Å². The summed E-state index contributed by atoms with van der Waals surface area (Å²) >= 11 is 1.32. The predicted molar refractivity (Wildman–Crippen MR) is 117 cm³/mol. The molecule has 5 nitrogen and oxygen atoms in total. The second-order valence-electron chi connectivity index (χ2n) is 7.44. The van der Waals surface area contributed by atoms with Crippen LogP contribution in [0.5, 0.6) is 0 Å². The van der Waals surface area contributed by atoms with Crippen molar-refractivity contribution in [2.45, 2.75) is 30.8 Å². The number of hydrogen-bond acceptors (Lipinski definition) is 4. The van der Waals surface area contributed by atoms with Crippen molar-refractivity contribution in [3.8, 4) is 0 Å². The molecule has 2 aromatic heterocycles. The Balaban J connectivity index is 1.50. The first-order valence-corrected chi connectivity index (χ1v) is 10.9. The fourth-order valence-corrected chi connectivity index (χ4v) is 5.12. The highest BCUT2D eigenvalue weighted by Crippen LogP contribution is 2.32. The molecule has 0 N–H and O–H groups in total. The van der Waals surface area contributed by atoms with Crippen LogP contribution in [-0.4, -0.2) is 25.8 Å². The van der Waals surface area contributed by atoms with Crippen molar-refractivity contribution in [3.63, 3.8) is 0 Å². The number of aromatic nitrogens is 3. The van der Waals surface area contributed by atoms with Gasteiger partial charge in [0.2, 0.25) is 5.91 Å². The van der Waals surface area contributed by atoms with Gasteiger partial charge in [-0.05, 0) is 49.4 Å². The Labute approximate surface area is 172 Å². The SMILES string of the molecule is Cn1c(SCC(=O)n2c3c(c4ccccc42)CCCC3)nc2ccccc2c1=O. The van der Waals surface area contributed by atoms with Gasteiger partial charge in [0, 0.05) is 18.1 Å². The molecule has 1 aliphatic rings. The standard InChI is InChI=1S/C23H21N3O2S/c1-25-22(28)17-10-2-5-11-18(17)24-23(25)29-14-21(27)26-19-12-6-3-8-15(19)16-9-4-7-13-20(16)26/h2-3,5-6,8,10-12H,4,7,9,13-14H2,1H3. The zero-order valence-corrected chi connectivity index (χ0v) is 17.0. The average Bonchev–Trinajstić information content (AvgIpc) is 3.10. The van der Waals surface area contributed by atoms with Crippen molar-refractivity contribution in [3.05, 3.63) is 70.1 Å². The van der Waals surface area contributed by atoms with Gasteiger partial charge in [-0.25, -0.2) is 4.98 Å². The highest BCUT2D eigenvalue weighted by atomic mass is 32.2. The van der Waals surface area contributed by atoms with Gasteiger partial charge >= 0.3 is 0 Å². The molecule has 0 atom stereocenters. The topological polar surface area (TPSA) is 56.9 Å². The van der Waals surface area contributed by atoms with Gasteiger partial charge in [-0.15, -0.1) is 0 Å². The molecule has 0 saturated carbocycles. The molecule has 0 bridgehead atoms. The molecule has 5 rings (SSSR count). The molecule has 1 aliphatic carbocycles. The lowest BCUT2D eigenvalue weighted by molar-refractivity contribution is 0.0943. The van der Waals surface area contributed by atoms with E-state index in [1.165, 1.54) is 33.7 Å². The largest absolute Gasteiger partial charge is 0.290 e. The van der Waals surface area contributed by atoms with Crippen LogP contribution in [0.4, 0.5) is 0 Å². The van der Waals surface area contributed by atoms with E-state index in [9.17, 15) is 9.59 Å². The number of benzene rings is 2. The average molecular weight is 404 g/mol. The minimum Gasteiger partial charge on any atom is -0.290 e. The third kappa shape index (κ3) is 2.99. The van der Waals surface area contributed by atoms with Crippen molar-refractivity contribution in [1.29, 1.82) is 0 Å². The summed E-state index contributed by atoms with van der Waals surface area (Å²) in [6.45, 7) is 0. The van der Waals surface area contributed by atoms with Gasteiger partial charge in [-0.3, -0.25) is 18.7 Å². The first kappa shape index (κ1) is 18.2. The quantitative estimate of drug-likeness (QED) is 0.380. The van der Waals surface area contributed by atoms with E-state index < -0.39 is 0 Å². The van der Waals surface area contributed by atoms with Crippen LogP contribution in [0, 0.1) is 0 Å². The van der Waals surface area contributed by atoms with Gasteiger partial charge < -0.3 is 0 Å². The van der Waals surface area contributed by atoms with Crippen LogP contribution < -0.4 is 5.56 Å². The van der Waals surface area contributed by atoms with Gasteiger partial charge in [-0.2, -0.15) is 0 Å². The number of fused-ring (bicyclic) bond motifs is 4. The number of thioether (sulfide) groups is 1. The number of hydrogen-bond donors (Lipinski definition) is 0. The molecule has 0 amide bonds. The second kappa shape index (κ2) is 7.19. The van der Waals surface area contributed by atoms with E-state index in [1.807, 2.05) is 41.0 Å². The number of carbonyl (C=O) groups is 1. The zero-order chi connectivity index (χ0) is 20.0. The third-order valence-electron chi connectivity index (χ3n) is 5.69. The van der Waals surface area contributed by atoms with Gasteiger partial charge in [0.05, 0.1) is 22.2 Å². The summed E-state index contributed by atoms with van der Waals surface area (Å²) in [7, 11) is 1.71. The summed E-state index contributed by atoms with van der Waals surface area (Å²) in [4.78, 5) is 30.5. The summed E-state index contributed by atoms with van der Waals surface area (Å²) in [5, 5.41) is 2.35. The summed E-state index contributed by atoms with van der Waals surface area (Å²) in [6, 6.07) is 15.5. The van der Waals surface area contributed by atoms with Gasteiger partial charge in [-0.1, -0.05) is 42.1 Å². The van der Waals surface area contributed by atoms with E-state index in [0.717, 1.165) is 30.5 Å². The van der Waals surface area contributed by atoms with Crippen molar-refractivity contribution in [2.75, 3.05) is 5.75 Å². The third-order valence-corrected chi connectivity index (χ3v) is 6.71. The molecule has 2 heterocycles. The smallest absolute Gasteiger partial charge is 0.261 e.